The number of methoxy groups -OCH3 is 1. The number of thioether (sulfide) groups is 1. The number of halogens is 1. The Labute approximate surface area is 135 Å². The highest BCUT2D eigenvalue weighted by Crippen LogP contribution is 2.31. The molecule has 0 radical (unpaired) electrons. The second-order valence-corrected chi connectivity index (χ2v) is 5.91. The number of nitrogens with two attached hydrogens (primary N) is 1. The molecule has 0 fully saturated rings. The number of benzene rings is 1. The summed E-state index contributed by atoms with van der Waals surface area (Å²) in [4.78, 5) is 4.31. The van der Waals surface area contributed by atoms with Gasteiger partial charge in [-0.05, 0) is 46.3 Å². The number of amidine groups is 1. The van der Waals surface area contributed by atoms with E-state index in [0.29, 0.717) is 11.3 Å². The molecular formula is C14H14BrN3O2S. The Hall–Kier alpha value is -1.73. The zero-order valence-corrected chi connectivity index (χ0v) is 13.7. The number of hydrogen-bond donors (Lipinski definition) is 2. The van der Waals surface area contributed by atoms with Gasteiger partial charge in [0, 0.05) is 27.5 Å². The van der Waals surface area contributed by atoms with E-state index in [0.717, 1.165) is 20.8 Å². The molecule has 21 heavy (non-hydrogen) atoms. The highest BCUT2D eigenvalue weighted by Gasteiger charge is 2.09. The van der Waals surface area contributed by atoms with Crippen molar-refractivity contribution in [3.05, 3.63) is 52.1 Å². The molecule has 7 heteroatoms. The van der Waals surface area contributed by atoms with Gasteiger partial charge in [-0.15, -0.1) is 11.8 Å². The average Bonchev–Trinajstić information content (AvgIpc) is 2.53. The lowest BCUT2D eigenvalue weighted by Crippen LogP contribution is -2.13. The normalized spacial score (nSPS) is 11.4. The molecule has 0 atom stereocenters. The molecule has 0 spiro atoms. The van der Waals surface area contributed by atoms with Gasteiger partial charge in [0.15, 0.2) is 5.84 Å². The minimum Gasteiger partial charge on any atom is -0.496 e. The Morgan fingerprint density at radius 1 is 1.48 bits per heavy atom. The SMILES string of the molecule is COc1ccc(/C(N)=N/O)cc1CSc1ncccc1Br. The lowest BCUT2D eigenvalue weighted by atomic mass is 10.1. The topological polar surface area (TPSA) is 80.7 Å². The molecule has 3 N–H and O–H groups in total. The maximum Gasteiger partial charge on any atom is 0.170 e. The molecule has 0 aliphatic heterocycles. The van der Waals surface area contributed by atoms with Gasteiger partial charge in [-0.25, -0.2) is 4.98 Å². The third kappa shape index (κ3) is 3.89. The molecule has 0 aliphatic carbocycles. The van der Waals surface area contributed by atoms with Crippen LogP contribution in [0.5, 0.6) is 5.75 Å². The van der Waals surface area contributed by atoms with Crippen LogP contribution < -0.4 is 10.5 Å². The van der Waals surface area contributed by atoms with Crippen molar-refractivity contribution in [2.24, 2.45) is 10.9 Å². The zero-order chi connectivity index (χ0) is 15.2. The Morgan fingerprint density at radius 2 is 2.29 bits per heavy atom. The molecule has 0 unspecified atom stereocenters. The summed E-state index contributed by atoms with van der Waals surface area (Å²) in [6.07, 6.45) is 1.75. The van der Waals surface area contributed by atoms with Gasteiger partial charge in [0.25, 0.3) is 0 Å². The van der Waals surface area contributed by atoms with Gasteiger partial charge in [-0.1, -0.05) is 5.16 Å². The van der Waals surface area contributed by atoms with Crippen LogP contribution in [-0.4, -0.2) is 23.1 Å². The summed E-state index contributed by atoms with van der Waals surface area (Å²) < 4.78 is 6.29. The molecule has 5 nitrogen and oxygen atoms in total. The molecule has 110 valence electrons. The second kappa shape index (κ2) is 7.33. The summed E-state index contributed by atoms with van der Waals surface area (Å²) in [6.45, 7) is 0. The maximum absolute atomic E-state index is 8.76. The molecule has 0 amide bonds. The number of aromatic nitrogens is 1. The minimum absolute atomic E-state index is 0.0721. The predicted octanol–water partition coefficient (Wildman–Crippen LogP) is 3.24. The lowest BCUT2D eigenvalue weighted by molar-refractivity contribution is 0.318. The van der Waals surface area contributed by atoms with Gasteiger partial charge in [0.2, 0.25) is 0 Å². The first kappa shape index (κ1) is 15.7. The van der Waals surface area contributed by atoms with Crippen LogP contribution in [0.4, 0.5) is 0 Å². The van der Waals surface area contributed by atoms with E-state index in [-0.39, 0.29) is 5.84 Å². The number of hydrogen-bond acceptors (Lipinski definition) is 5. The number of oxime groups is 1. The number of pyridine rings is 1. The van der Waals surface area contributed by atoms with Gasteiger partial charge in [-0.2, -0.15) is 0 Å². The minimum atomic E-state index is 0.0721. The molecule has 1 aromatic heterocycles. The van der Waals surface area contributed by atoms with Crippen molar-refractivity contribution in [1.29, 1.82) is 0 Å². The van der Waals surface area contributed by atoms with Crippen molar-refractivity contribution >= 4 is 33.5 Å². The summed E-state index contributed by atoms with van der Waals surface area (Å²) in [5, 5.41) is 12.7. The fourth-order valence-electron chi connectivity index (χ4n) is 1.73. The van der Waals surface area contributed by atoms with Gasteiger partial charge in [0.1, 0.15) is 10.8 Å². The van der Waals surface area contributed by atoms with E-state index in [2.05, 4.69) is 26.1 Å². The van der Waals surface area contributed by atoms with Crippen LogP contribution in [0.3, 0.4) is 0 Å². The molecule has 2 aromatic rings. The Bertz CT molecular complexity index is 664. The fourth-order valence-corrected chi connectivity index (χ4v) is 3.19. The van der Waals surface area contributed by atoms with Crippen LogP contribution in [0.1, 0.15) is 11.1 Å². The first-order chi connectivity index (χ1) is 10.2. The van der Waals surface area contributed by atoms with E-state index < -0.39 is 0 Å². The van der Waals surface area contributed by atoms with Crippen LogP contribution >= 0.6 is 27.7 Å². The van der Waals surface area contributed by atoms with Crippen LogP contribution in [0.25, 0.3) is 0 Å². The van der Waals surface area contributed by atoms with Gasteiger partial charge in [-0.3, -0.25) is 0 Å². The molecule has 0 saturated carbocycles. The summed E-state index contributed by atoms with van der Waals surface area (Å²) in [5.41, 5.74) is 7.21. The summed E-state index contributed by atoms with van der Waals surface area (Å²) >= 11 is 5.04. The molecular weight excluding hydrogens is 354 g/mol. The van der Waals surface area contributed by atoms with Crippen LogP contribution in [0.2, 0.25) is 0 Å². The van der Waals surface area contributed by atoms with Gasteiger partial charge < -0.3 is 15.7 Å². The van der Waals surface area contributed by atoms with Crippen LogP contribution in [0.15, 0.2) is 51.2 Å². The number of ether oxygens (including phenoxy) is 1. The number of nitrogens with zero attached hydrogens (tertiary/aromatic N) is 2. The Kier molecular flexibility index (Phi) is 5.46. The largest absolute Gasteiger partial charge is 0.496 e. The number of rotatable bonds is 5. The predicted molar refractivity (Wildman–Crippen MR) is 87.0 cm³/mol. The van der Waals surface area contributed by atoms with E-state index in [9.17, 15) is 0 Å². The summed E-state index contributed by atoms with van der Waals surface area (Å²) in [6, 6.07) is 9.21. The van der Waals surface area contributed by atoms with Crippen LogP contribution in [-0.2, 0) is 5.75 Å². The highest BCUT2D eigenvalue weighted by atomic mass is 79.9. The third-order valence-electron chi connectivity index (χ3n) is 2.77. The van der Waals surface area contributed by atoms with Gasteiger partial charge >= 0.3 is 0 Å². The van der Waals surface area contributed by atoms with E-state index in [4.69, 9.17) is 15.7 Å². The van der Waals surface area contributed by atoms with Crippen molar-refractivity contribution in [3.8, 4) is 5.75 Å². The van der Waals surface area contributed by atoms with E-state index in [1.54, 1.807) is 37.2 Å². The Morgan fingerprint density at radius 3 is 2.95 bits per heavy atom. The van der Waals surface area contributed by atoms with E-state index in [1.165, 1.54) is 0 Å². The smallest absolute Gasteiger partial charge is 0.170 e. The summed E-state index contributed by atoms with van der Waals surface area (Å²) in [5.74, 6) is 1.48. The quantitative estimate of drug-likeness (QED) is 0.278. The molecule has 0 bridgehead atoms. The monoisotopic (exact) mass is 367 g/mol. The van der Waals surface area contributed by atoms with E-state index in [1.807, 2.05) is 18.2 Å². The van der Waals surface area contributed by atoms with Crippen molar-refractivity contribution in [2.45, 2.75) is 10.8 Å². The lowest BCUT2D eigenvalue weighted by Gasteiger charge is -2.10. The van der Waals surface area contributed by atoms with Crippen molar-refractivity contribution < 1.29 is 9.94 Å². The van der Waals surface area contributed by atoms with Crippen molar-refractivity contribution in [2.75, 3.05) is 7.11 Å². The van der Waals surface area contributed by atoms with Crippen LogP contribution in [0, 0.1) is 0 Å². The maximum atomic E-state index is 8.76. The average molecular weight is 368 g/mol. The third-order valence-corrected chi connectivity index (χ3v) is 4.73. The molecule has 2 rings (SSSR count). The molecule has 1 aromatic carbocycles. The van der Waals surface area contributed by atoms with Crippen molar-refractivity contribution in [3.63, 3.8) is 0 Å². The molecule has 1 heterocycles. The second-order valence-electron chi connectivity index (χ2n) is 4.09. The zero-order valence-electron chi connectivity index (χ0n) is 11.3. The van der Waals surface area contributed by atoms with Gasteiger partial charge in [0.05, 0.1) is 7.11 Å². The molecule has 0 aliphatic rings. The fraction of sp³-hybridized carbons (Fsp3) is 0.143. The molecule has 0 saturated heterocycles. The first-order valence-corrected chi connectivity index (χ1v) is 7.81. The Balaban J connectivity index is 2.24. The van der Waals surface area contributed by atoms with E-state index >= 15 is 0 Å². The first-order valence-electron chi connectivity index (χ1n) is 6.04. The van der Waals surface area contributed by atoms with Crippen molar-refractivity contribution in [1.82, 2.24) is 4.98 Å². The highest BCUT2D eigenvalue weighted by molar-refractivity contribution is 9.10. The standard InChI is InChI=1S/C14H14BrN3O2S/c1-20-12-5-4-9(13(16)18-19)7-10(12)8-21-14-11(15)3-2-6-17-14/h2-7,19H,8H2,1H3,(H2,16,18). The summed E-state index contributed by atoms with van der Waals surface area (Å²) in [7, 11) is 1.61.